The maximum atomic E-state index is 12.8. The average Bonchev–Trinajstić information content (AvgIpc) is 2.74. The number of anilines is 2. The molecule has 3 rings (SSSR count). The molecule has 0 saturated heterocycles. The number of carboxylic acids is 1. The molecular formula is C21H16ClN2O6S-. The molecule has 0 atom stereocenters. The Balaban J connectivity index is 1.89. The van der Waals surface area contributed by atoms with Crippen molar-refractivity contribution >= 4 is 44.9 Å². The van der Waals surface area contributed by atoms with Gasteiger partial charge in [-0.05, 0) is 48.0 Å². The highest BCUT2D eigenvalue weighted by Gasteiger charge is 2.20. The van der Waals surface area contributed by atoms with Crippen LogP contribution in [0.5, 0.6) is 5.75 Å². The topological polar surface area (TPSA) is 125 Å². The Kier molecular flexibility index (Phi) is 6.47. The van der Waals surface area contributed by atoms with Crippen molar-refractivity contribution < 1.29 is 27.9 Å². The summed E-state index contributed by atoms with van der Waals surface area (Å²) in [6.07, 6.45) is 0. The number of rotatable bonds is 7. The summed E-state index contributed by atoms with van der Waals surface area (Å²) in [7, 11) is -2.65. The SMILES string of the molecule is COc1ccccc1NS(=O)(=O)c1ccc(Cl)c(C(=O)Nc2cccc(C(=O)[O-])c2)c1. The largest absolute Gasteiger partial charge is 0.545 e. The number of sulfonamides is 1. The molecule has 0 unspecified atom stereocenters. The van der Waals surface area contributed by atoms with Crippen LogP contribution in [0.3, 0.4) is 0 Å². The molecule has 0 heterocycles. The number of ether oxygens (including phenoxy) is 1. The van der Waals surface area contributed by atoms with E-state index in [4.69, 9.17) is 16.3 Å². The Morgan fingerprint density at radius 2 is 1.74 bits per heavy atom. The van der Waals surface area contributed by atoms with Crippen LogP contribution in [0, 0.1) is 0 Å². The van der Waals surface area contributed by atoms with Crippen LogP contribution in [0.2, 0.25) is 5.02 Å². The molecule has 160 valence electrons. The lowest BCUT2D eigenvalue weighted by atomic mass is 10.1. The summed E-state index contributed by atoms with van der Waals surface area (Å²) in [6.45, 7) is 0. The van der Waals surface area contributed by atoms with Gasteiger partial charge >= 0.3 is 0 Å². The van der Waals surface area contributed by atoms with Gasteiger partial charge < -0.3 is 20.0 Å². The monoisotopic (exact) mass is 459 g/mol. The third-order valence-corrected chi connectivity index (χ3v) is 5.89. The number of halogens is 1. The standard InChI is InChI=1S/C21H17ClN2O6S/c1-30-19-8-3-2-7-18(19)24-31(28,29)15-9-10-17(22)16(12-15)20(25)23-14-6-4-5-13(11-14)21(26)27/h2-12,24H,1H3,(H,23,25)(H,26,27)/p-1. The lowest BCUT2D eigenvalue weighted by Gasteiger charge is -2.13. The van der Waals surface area contributed by atoms with Gasteiger partial charge in [-0.3, -0.25) is 9.52 Å². The van der Waals surface area contributed by atoms with Crippen LogP contribution >= 0.6 is 11.6 Å². The van der Waals surface area contributed by atoms with Crippen LogP contribution in [0.15, 0.2) is 71.6 Å². The molecule has 0 fully saturated rings. The van der Waals surface area contributed by atoms with E-state index in [0.717, 1.165) is 6.07 Å². The number of nitrogens with one attached hydrogen (secondary N) is 2. The summed E-state index contributed by atoms with van der Waals surface area (Å²) < 4.78 is 33.2. The fraction of sp³-hybridized carbons (Fsp3) is 0.0476. The summed E-state index contributed by atoms with van der Waals surface area (Å²) in [6, 6.07) is 15.6. The molecule has 0 aliphatic carbocycles. The molecule has 0 bridgehead atoms. The molecule has 0 saturated carbocycles. The van der Waals surface area contributed by atoms with Gasteiger partial charge in [0.2, 0.25) is 0 Å². The van der Waals surface area contributed by atoms with Crippen molar-refractivity contribution in [2.24, 2.45) is 0 Å². The molecule has 1 amide bonds. The Morgan fingerprint density at radius 3 is 2.45 bits per heavy atom. The minimum absolute atomic E-state index is 0.0183. The Bertz CT molecular complexity index is 1260. The number of hydrogen-bond donors (Lipinski definition) is 2. The Hall–Kier alpha value is -3.56. The summed E-state index contributed by atoms with van der Waals surface area (Å²) in [4.78, 5) is 23.4. The number of amides is 1. The number of para-hydroxylation sites is 2. The highest BCUT2D eigenvalue weighted by atomic mass is 35.5. The smallest absolute Gasteiger partial charge is 0.262 e. The molecule has 3 aromatic rings. The van der Waals surface area contributed by atoms with E-state index in [0.29, 0.717) is 5.75 Å². The number of hydrogen-bond acceptors (Lipinski definition) is 6. The van der Waals surface area contributed by atoms with E-state index in [1.54, 1.807) is 18.2 Å². The van der Waals surface area contributed by atoms with E-state index >= 15 is 0 Å². The van der Waals surface area contributed by atoms with Crippen molar-refractivity contribution in [2.45, 2.75) is 4.90 Å². The lowest BCUT2D eigenvalue weighted by molar-refractivity contribution is -0.255. The highest BCUT2D eigenvalue weighted by Crippen LogP contribution is 2.28. The second kappa shape index (κ2) is 9.07. The van der Waals surface area contributed by atoms with Crippen molar-refractivity contribution in [2.75, 3.05) is 17.1 Å². The molecule has 3 aromatic carbocycles. The molecule has 0 radical (unpaired) electrons. The number of carbonyl (C=O) groups excluding carboxylic acids is 2. The zero-order valence-corrected chi connectivity index (χ0v) is 17.7. The number of aromatic carboxylic acids is 1. The molecule has 0 aromatic heterocycles. The van der Waals surface area contributed by atoms with Crippen LogP contribution in [-0.4, -0.2) is 27.4 Å². The van der Waals surface area contributed by atoms with Crippen LogP contribution in [0.1, 0.15) is 20.7 Å². The highest BCUT2D eigenvalue weighted by molar-refractivity contribution is 7.92. The predicted octanol–water partition coefficient (Wildman–Crippen LogP) is 2.77. The van der Waals surface area contributed by atoms with E-state index in [1.807, 2.05) is 0 Å². The van der Waals surface area contributed by atoms with Crippen LogP contribution < -0.4 is 19.9 Å². The zero-order chi connectivity index (χ0) is 22.6. The molecule has 10 heteroatoms. The first-order valence-electron chi connectivity index (χ1n) is 8.79. The van der Waals surface area contributed by atoms with Gasteiger partial charge in [0.1, 0.15) is 5.75 Å². The summed E-state index contributed by atoms with van der Waals surface area (Å²) in [5, 5.41) is 13.5. The maximum absolute atomic E-state index is 12.8. The van der Waals surface area contributed by atoms with E-state index < -0.39 is 21.9 Å². The molecular weight excluding hydrogens is 444 g/mol. The van der Waals surface area contributed by atoms with Gasteiger partial charge in [-0.1, -0.05) is 35.9 Å². The van der Waals surface area contributed by atoms with Crippen molar-refractivity contribution in [3.05, 3.63) is 82.9 Å². The molecule has 0 spiro atoms. The van der Waals surface area contributed by atoms with Gasteiger partial charge in [-0.15, -0.1) is 0 Å². The normalized spacial score (nSPS) is 10.9. The minimum Gasteiger partial charge on any atom is -0.545 e. The first kappa shape index (κ1) is 22.1. The first-order valence-corrected chi connectivity index (χ1v) is 10.7. The van der Waals surface area contributed by atoms with E-state index in [-0.39, 0.29) is 32.4 Å². The second-order valence-corrected chi connectivity index (χ2v) is 8.36. The van der Waals surface area contributed by atoms with Gasteiger partial charge in [-0.2, -0.15) is 0 Å². The second-order valence-electron chi connectivity index (χ2n) is 6.27. The number of benzene rings is 3. The Labute approximate surface area is 183 Å². The average molecular weight is 460 g/mol. The van der Waals surface area contributed by atoms with Gasteiger partial charge in [0.25, 0.3) is 15.9 Å². The van der Waals surface area contributed by atoms with E-state index in [1.165, 1.54) is 49.6 Å². The fourth-order valence-corrected chi connectivity index (χ4v) is 4.00. The van der Waals surface area contributed by atoms with Crippen molar-refractivity contribution in [3.8, 4) is 5.75 Å². The van der Waals surface area contributed by atoms with Gasteiger partial charge in [0.15, 0.2) is 0 Å². The molecule has 0 aliphatic rings. The lowest BCUT2D eigenvalue weighted by Crippen LogP contribution is -2.22. The third-order valence-electron chi connectivity index (χ3n) is 4.20. The fourth-order valence-electron chi connectivity index (χ4n) is 2.70. The summed E-state index contributed by atoms with van der Waals surface area (Å²) in [5.74, 6) is -1.79. The van der Waals surface area contributed by atoms with Gasteiger partial charge in [0.05, 0.1) is 34.2 Å². The first-order chi connectivity index (χ1) is 14.7. The zero-order valence-electron chi connectivity index (χ0n) is 16.1. The van der Waals surface area contributed by atoms with Crippen molar-refractivity contribution in [1.29, 1.82) is 0 Å². The predicted molar refractivity (Wildman–Crippen MR) is 114 cm³/mol. The van der Waals surface area contributed by atoms with Crippen LogP contribution in [0.4, 0.5) is 11.4 Å². The van der Waals surface area contributed by atoms with E-state index in [9.17, 15) is 23.1 Å². The molecule has 31 heavy (non-hydrogen) atoms. The van der Waals surface area contributed by atoms with Crippen LogP contribution in [0.25, 0.3) is 0 Å². The Morgan fingerprint density at radius 1 is 1.00 bits per heavy atom. The summed E-state index contributed by atoms with van der Waals surface area (Å²) in [5.41, 5.74) is 0.179. The third kappa shape index (κ3) is 5.14. The minimum atomic E-state index is -4.06. The van der Waals surface area contributed by atoms with E-state index in [2.05, 4.69) is 10.0 Å². The molecule has 0 aliphatic heterocycles. The van der Waals surface area contributed by atoms with Gasteiger partial charge in [0, 0.05) is 5.69 Å². The van der Waals surface area contributed by atoms with Gasteiger partial charge in [-0.25, -0.2) is 8.42 Å². The number of methoxy groups -OCH3 is 1. The molecule has 2 N–H and O–H groups in total. The number of carbonyl (C=O) groups is 2. The maximum Gasteiger partial charge on any atom is 0.262 e. The molecule has 8 nitrogen and oxygen atoms in total. The van der Waals surface area contributed by atoms with Crippen LogP contribution in [-0.2, 0) is 10.0 Å². The quantitative estimate of drug-likeness (QED) is 0.559. The summed E-state index contributed by atoms with van der Waals surface area (Å²) >= 11 is 6.10. The van der Waals surface area contributed by atoms with Crippen molar-refractivity contribution in [1.82, 2.24) is 0 Å². The number of carboxylic acid groups (broad SMARTS) is 1. The van der Waals surface area contributed by atoms with Crippen molar-refractivity contribution in [3.63, 3.8) is 0 Å².